The van der Waals surface area contributed by atoms with Crippen molar-refractivity contribution in [1.29, 1.82) is 0 Å². The summed E-state index contributed by atoms with van der Waals surface area (Å²) in [6.45, 7) is 0.620. The number of alkyl halides is 2. The van der Waals surface area contributed by atoms with Gasteiger partial charge in [-0.25, -0.2) is 9.67 Å². The molecule has 0 saturated carbocycles. The normalized spacial score (nSPS) is 11.6. The van der Waals surface area contributed by atoms with E-state index in [0.717, 1.165) is 24.5 Å². The Bertz CT molecular complexity index is 917. The van der Waals surface area contributed by atoms with E-state index in [0.29, 0.717) is 27.3 Å². The molecule has 8 heteroatoms. The predicted molar refractivity (Wildman–Crippen MR) is 100.0 cm³/mol. The van der Waals surface area contributed by atoms with Crippen LogP contribution in [0.25, 0.3) is 22.5 Å². The average molecular weight is 375 g/mol. The molecule has 0 radical (unpaired) electrons. The molecule has 2 aromatic heterocycles. The van der Waals surface area contributed by atoms with Gasteiger partial charge in [0.2, 0.25) is 0 Å². The summed E-state index contributed by atoms with van der Waals surface area (Å²) in [5.74, 6) is 1.42. The highest BCUT2D eigenvalue weighted by molar-refractivity contribution is 5.77. The fourth-order valence-electron chi connectivity index (χ4n) is 3.00. The van der Waals surface area contributed by atoms with Crippen LogP contribution in [0.2, 0.25) is 0 Å². The van der Waals surface area contributed by atoms with Gasteiger partial charge < -0.3 is 14.2 Å². The smallest absolute Gasteiger partial charge is 0.333 e. The second-order valence-corrected chi connectivity index (χ2v) is 6.53. The first kappa shape index (κ1) is 19.0. The number of ether oxygens (including phenoxy) is 1. The van der Waals surface area contributed by atoms with Crippen molar-refractivity contribution in [3.05, 3.63) is 42.5 Å². The molecule has 6 nitrogen and oxygen atoms in total. The zero-order chi connectivity index (χ0) is 19.6. The summed E-state index contributed by atoms with van der Waals surface area (Å²) in [7, 11) is 5.60. The van der Waals surface area contributed by atoms with E-state index in [9.17, 15) is 8.78 Å². The van der Waals surface area contributed by atoms with Crippen LogP contribution in [0.15, 0.2) is 36.8 Å². The van der Waals surface area contributed by atoms with Gasteiger partial charge in [-0.05, 0) is 39.2 Å². The van der Waals surface area contributed by atoms with Crippen molar-refractivity contribution in [2.45, 2.75) is 20.0 Å². The zero-order valence-electron chi connectivity index (χ0n) is 15.9. The number of hydrogen-bond donors (Lipinski definition) is 0. The van der Waals surface area contributed by atoms with Gasteiger partial charge >= 0.3 is 6.55 Å². The first-order valence-corrected chi connectivity index (χ1v) is 8.59. The molecule has 144 valence electrons. The molecule has 1 aromatic carbocycles. The van der Waals surface area contributed by atoms with Crippen LogP contribution >= 0.6 is 0 Å². The van der Waals surface area contributed by atoms with Gasteiger partial charge in [0.25, 0.3) is 0 Å². The number of methoxy groups -OCH3 is 1. The molecule has 3 rings (SSSR count). The summed E-state index contributed by atoms with van der Waals surface area (Å²) < 4.78 is 34.4. The predicted octanol–water partition coefficient (Wildman–Crippen LogP) is 3.69. The summed E-state index contributed by atoms with van der Waals surface area (Å²) in [5, 5.41) is 3.81. The highest BCUT2D eigenvalue weighted by Gasteiger charge is 2.19. The lowest BCUT2D eigenvalue weighted by molar-refractivity contribution is 0.0545. The molecule has 2 heterocycles. The van der Waals surface area contributed by atoms with Crippen LogP contribution in [-0.4, -0.2) is 52.0 Å². The van der Waals surface area contributed by atoms with E-state index in [-0.39, 0.29) is 0 Å². The number of aromatic nitrogens is 4. The van der Waals surface area contributed by atoms with Crippen molar-refractivity contribution in [3.63, 3.8) is 0 Å². The van der Waals surface area contributed by atoms with Gasteiger partial charge in [-0.2, -0.15) is 13.9 Å². The van der Waals surface area contributed by atoms with Crippen LogP contribution in [0.5, 0.6) is 5.75 Å². The summed E-state index contributed by atoms with van der Waals surface area (Å²) >= 11 is 0. The third-order valence-corrected chi connectivity index (χ3v) is 4.48. The Balaban J connectivity index is 2.04. The van der Waals surface area contributed by atoms with E-state index in [2.05, 4.69) is 19.5 Å². The maximum atomic E-state index is 13.1. The Hall–Kier alpha value is -2.74. The average Bonchev–Trinajstić information content (AvgIpc) is 3.25. The molecule has 0 atom stereocenters. The molecule has 0 bridgehead atoms. The number of hydrogen-bond acceptors (Lipinski definition) is 4. The standard InChI is InChI=1S/C19H23F2N5O/c1-13-16(12-23-26(13)19(20)21)15-11-14(5-6-17(15)27-4)18-22-7-8-25(18)10-9-24(2)3/h5-8,11-12,19H,9-10H2,1-4H3. The van der Waals surface area contributed by atoms with Crippen molar-refractivity contribution in [2.24, 2.45) is 0 Å². The fraction of sp³-hybridized carbons (Fsp3) is 0.368. The van der Waals surface area contributed by atoms with Gasteiger partial charge in [-0.1, -0.05) is 0 Å². The molecule has 0 amide bonds. The van der Waals surface area contributed by atoms with Gasteiger partial charge in [-0.3, -0.25) is 0 Å². The van der Waals surface area contributed by atoms with Crippen LogP contribution in [0.1, 0.15) is 12.2 Å². The minimum Gasteiger partial charge on any atom is -0.496 e. The minimum absolute atomic E-state index is 0.386. The van der Waals surface area contributed by atoms with E-state index >= 15 is 0 Å². The molecule has 0 saturated heterocycles. The number of halogens is 2. The van der Waals surface area contributed by atoms with Crippen molar-refractivity contribution >= 4 is 0 Å². The van der Waals surface area contributed by atoms with Crippen LogP contribution in [0.3, 0.4) is 0 Å². The van der Waals surface area contributed by atoms with E-state index in [1.807, 2.05) is 38.5 Å². The lowest BCUT2D eigenvalue weighted by Gasteiger charge is -2.14. The first-order valence-electron chi connectivity index (χ1n) is 8.59. The number of benzene rings is 1. The molecule has 27 heavy (non-hydrogen) atoms. The highest BCUT2D eigenvalue weighted by Crippen LogP contribution is 2.36. The number of likely N-dealkylation sites (N-methyl/N-ethyl adjacent to an activating group) is 1. The Labute approximate surface area is 157 Å². The monoisotopic (exact) mass is 375 g/mol. The molecule has 0 aliphatic rings. The van der Waals surface area contributed by atoms with Gasteiger partial charge in [0.1, 0.15) is 11.6 Å². The Morgan fingerprint density at radius 1 is 1.22 bits per heavy atom. The molecular formula is C19H23F2N5O. The van der Waals surface area contributed by atoms with Crippen LogP contribution in [0.4, 0.5) is 8.78 Å². The molecule has 0 spiro atoms. The van der Waals surface area contributed by atoms with Crippen molar-refractivity contribution in [1.82, 2.24) is 24.2 Å². The second kappa shape index (κ2) is 7.87. The maximum absolute atomic E-state index is 13.1. The topological polar surface area (TPSA) is 48.1 Å². The third kappa shape index (κ3) is 3.85. The highest BCUT2D eigenvalue weighted by atomic mass is 19.3. The van der Waals surface area contributed by atoms with Gasteiger partial charge in [0, 0.05) is 47.9 Å². The Morgan fingerprint density at radius 2 is 2.00 bits per heavy atom. The molecule has 0 fully saturated rings. The van der Waals surface area contributed by atoms with Crippen LogP contribution in [-0.2, 0) is 6.54 Å². The van der Waals surface area contributed by atoms with Crippen molar-refractivity contribution in [3.8, 4) is 28.3 Å². The molecule has 0 aliphatic heterocycles. The lowest BCUT2D eigenvalue weighted by atomic mass is 10.0. The van der Waals surface area contributed by atoms with Gasteiger partial charge in [0.05, 0.1) is 13.3 Å². The first-order chi connectivity index (χ1) is 12.9. The molecular weight excluding hydrogens is 352 g/mol. The maximum Gasteiger partial charge on any atom is 0.333 e. The van der Waals surface area contributed by atoms with E-state index in [1.165, 1.54) is 6.20 Å². The minimum atomic E-state index is -2.68. The van der Waals surface area contributed by atoms with Gasteiger partial charge in [-0.15, -0.1) is 0 Å². The SMILES string of the molecule is COc1ccc(-c2nccn2CCN(C)C)cc1-c1cnn(C(F)F)c1C. The Morgan fingerprint density at radius 3 is 2.63 bits per heavy atom. The summed E-state index contributed by atoms with van der Waals surface area (Å²) in [4.78, 5) is 6.58. The van der Waals surface area contributed by atoms with Crippen molar-refractivity contribution in [2.75, 3.05) is 27.7 Å². The molecule has 0 aliphatic carbocycles. The summed E-state index contributed by atoms with van der Waals surface area (Å²) in [6.07, 6.45) is 5.14. The summed E-state index contributed by atoms with van der Waals surface area (Å²) in [5.41, 5.74) is 2.59. The van der Waals surface area contributed by atoms with Crippen LogP contribution in [0, 0.1) is 6.92 Å². The third-order valence-electron chi connectivity index (χ3n) is 4.48. The number of nitrogens with zero attached hydrogens (tertiary/aromatic N) is 5. The van der Waals surface area contributed by atoms with Crippen molar-refractivity contribution < 1.29 is 13.5 Å². The quantitative estimate of drug-likeness (QED) is 0.632. The molecule has 0 unspecified atom stereocenters. The van der Waals surface area contributed by atoms with Gasteiger partial charge in [0.15, 0.2) is 0 Å². The van der Waals surface area contributed by atoms with Crippen LogP contribution < -0.4 is 4.74 Å². The number of rotatable bonds is 7. The second-order valence-electron chi connectivity index (χ2n) is 6.53. The summed E-state index contributed by atoms with van der Waals surface area (Å²) in [6, 6.07) is 5.66. The fourth-order valence-corrected chi connectivity index (χ4v) is 3.00. The van der Waals surface area contributed by atoms with E-state index in [4.69, 9.17) is 4.74 Å². The zero-order valence-corrected chi connectivity index (χ0v) is 15.9. The largest absolute Gasteiger partial charge is 0.496 e. The molecule has 0 N–H and O–H groups in total. The lowest BCUT2D eigenvalue weighted by Crippen LogP contribution is -2.18. The van der Waals surface area contributed by atoms with E-state index < -0.39 is 6.55 Å². The number of imidazole rings is 1. The molecule has 3 aromatic rings. The van der Waals surface area contributed by atoms with E-state index in [1.54, 1.807) is 20.2 Å². The Kier molecular flexibility index (Phi) is 5.55.